The zero-order chi connectivity index (χ0) is 24.6. The smallest absolute Gasteiger partial charge is 0.213 e. The van der Waals surface area contributed by atoms with Crippen LogP contribution in [0.5, 0.6) is 0 Å². The summed E-state index contributed by atoms with van der Waals surface area (Å²) < 4.78 is 45.7. The van der Waals surface area contributed by atoms with Gasteiger partial charge in [-0.3, -0.25) is 4.57 Å². The molecule has 1 aliphatic heterocycles. The molecule has 0 N–H and O–H groups in total. The summed E-state index contributed by atoms with van der Waals surface area (Å²) in [4.78, 5) is 4.84. The summed E-state index contributed by atoms with van der Waals surface area (Å²) in [6, 6.07) is 14.0. The van der Waals surface area contributed by atoms with Gasteiger partial charge in [-0.25, -0.2) is 9.55 Å². The van der Waals surface area contributed by atoms with Gasteiger partial charge in [0.05, 0.1) is 22.3 Å². The number of aromatic nitrogens is 3. The molecule has 0 fully saturated rings. The van der Waals surface area contributed by atoms with Crippen molar-refractivity contribution in [2.45, 2.75) is 40.4 Å². The molecule has 29 heavy (non-hydrogen) atoms. The van der Waals surface area contributed by atoms with E-state index in [9.17, 15) is 0 Å². The van der Waals surface area contributed by atoms with Crippen molar-refractivity contribution >= 4 is 11.0 Å². The second-order valence-corrected chi connectivity index (χ2v) is 8.18. The number of benzene rings is 2. The van der Waals surface area contributed by atoms with Gasteiger partial charge in [-0.15, -0.1) is 0 Å². The van der Waals surface area contributed by atoms with Crippen molar-refractivity contribution < 1.29 is 11.4 Å². The van der Waals surface area contributed by atoms with Crippen LogP contribution < -0.4 is 4.57 Å². The Bertz CT molecular complexity index is 1450. The van der Waals surface area contributed by atoms with E-state index in [2.05, 4.69) is 22.8 Å². The number of hydrogen-bond donors (Lipinski definition) is 0. The highest BCUT2D eigenvalue weighted by atomic mass is 15.1. The Labute approximate surface area is 179 Å². The predicted octanol–water partition coefficient (Wildman–Crippen LogP) is 5.24. The SMILES string of the molecule is [2H]C([2H])([2H])c1c[n+](C)c(-c2c(C)ccc3c2Cc2nc4ccccc4n2-3)cc1C([2H])([2H])C(C)C. The number of imidazole rings is 1. The third kappa shape index (κ3) is 2.79. The van der Waals surface area contributed by atoms with Gasteiger partial charge < -0.3 is 0 Å². The molecule has 0 spiro atoms. The summed E-state index contributed by atoms with van der Waals surface area (Å²) in [5.41, 5.74) is 7.37. The minimum Gasteiger partial charge on any atom is -0.296 e. The number of fused-ring (bicyclic) bond motifs is 5. The van der Waals surface area contributed by atoms with Crippen molar-refractivity contribution in [3.05, 3.63) is 76.7 Å². The van der Waals surface area contributed by atoms with E-state index in [0.717, 1.165) is 44.9 Å². The Hall–Kier alpha value is -2.94. The van der Waals surface area contributed by atoms with Crippen molar-refractivity contribution in [2.24, 2.45) is 13.0 Å². The van der Waals surface area contributed by atoms with E-state index in [1.807, 2.05) is 36.7 Å². The van der Waals surface area contributed by atoms with Crippen LogP contribution in [0.4, 0.5) is 0 Å². The Morgan fingerprint density at radius 3 is 2.83 bits per heavy atom. The number of pyridine rings is 1. The standard InChI is InChI=1S/C26H28N3/c1-16(2)12-19-13-24(28(5)15-18(19)4)26-17(3)10-11-22-20(26)14-25-27-21-8-6-7-9-23(21)29(22)25/h6-11,13,15-16H,12,14H2,1-5H3/q+1/i4D3,12D2. The summed E-state index contributed by atoms with van der Waals surface area (Å²) in [6.45, 7) is 3.20. The minimum atomic E-state index is -2.41. The topological polar surface area (TPSA) is 21.7 Å². The molecule has 0 radical (unpaired) electrons. The fourth-order valence-electron chi connectivity index (χ4n) is 4.45. The molecule has 0 bridgehead atoms. The Morgan fingerprint density at radius 2 is 2.03 bits per heavy atom. The van der Waals surface area contributed by atoms with Crippen LogP contribution in [0.3, 0.4) is 0 Å². The molecule has 2 aromatic heterocycles. The van der Waals surface area contributed by atoms with Gasteiger partial charge >= 0.3 is 0 Å². The molecule has 3 heterocycles. The minimum absolute atomic E-state index is 0.0570. The summed E-state index contributed by atoms with van der Waals surface area (Å²) in [5, 5.41) is 0. The van der Waals surface area contributed by atoms with E-state index in [1.165, 1.54) is 0 Å². The van der Waals surface area contributed by atoms with Crippen molar-refractivity contribution in [3.8, 4) is 16.9 Å². The van der Waals surface area contributed by atoms with Crippen LogP contribution in [0.2, 0.25) is 0 Å². The molecule has 0 atom stereocenters. The number of aryl methyl sites for hydroxylation is 3. The van der Waals surface area contributed by atoms with E-state index in [4.69, 9.17) is 11.8 Å². The van der Waals surface area contributed by atoms with Crippen LogP contribution in [-0.2, 0) is 19.8 Å². The highest BCUT2D eigenvalue weighted by Crippen LogP contribution is 2.39. The highest BCUT2D eigenvalue weighted by molar-refractivity contribution is 5.83. The van der Waals surface area contributed by atoms with E-state index in [1.54, 1.807) is 26.1 Å². The summed E-state index contributed by atoms with van der Waals surface area (Å²) in [5.74, 6) is 0.593. The van der Waals surface area contributed by atoms with Gasteiger partial charge in [0.2, 0.25) is 5.69 Å². The first-order chi connectivity index (χ1) is 15.9. The monoisotopic (exact) mass is 387 g/mol. The van der Waals surface area contributed by atoms with Crippen LogP contribution >= 0.6 is 0 Å². The first kappa shape index (κ1) is 13.3. The van der Waals surface area contributed by atoms with E-state index in [0.29, 0.717) is 6.42 Å². The van der Waals surface area contributed by atoms with E-state index in [-0.39, 0.29) is 17.0 Å². The lowest BCUT2D eigenvalue weighted by Gasteiger charge is -2.14. The molecule has 2 aromatic carbocycles. The largest absolute Gasteiger partial charge is 0.296 e. The van der Waals surface area contributed by atoms with Crippen LogP contribution in [0.15, 0.2) is 48.7 Å². The van der Waals surface area contributed by atoms with Crippen LogP contribution in [-0.4, -0.2) is 9.55 Å². The third-order valence-electron chi connectivity index (χ3n) is 5.68. The molecule has 0 saturated heterocycles. The summed E-state index contributed by atoms with van der Waals surface area (Å²) in [6.07, 6.45) is 0.454. The Kier molecular flexibility index (Phi) is 3.01. The highest BCUT2D eigenvalue weighted by Gasteiger charge is 2.29. The predicted molar refractivity (Wildman–Crippen MR) is 119 cm³/mol. The maximum Gasteiger partial charge on any atom is 0.213 e. The Balaban J connectivity index is 1.78. The third-order valence-corrected chi connectivity index (χ3v) is 5.68. The first-order valence-corrected chi connectivity index (χ1v) is 10.1. The molecule has 0 aliphatic carbocycles. The molecule has 5 rings (SSSR count). The van der Waals surface area contributed by atoms with Gasteiger partial charge in [0.15, 0.2) is 6.20 Å². The molecule has 0 amide bonds. The number of para-hydroxylation sites is 2. The van der Waals surface area contributed by atoms with Crippen LogP contribution in [0.1, 0.15) is 48.8 Å². The molecule has 146 valence electrons. The maximum atomic E-state index is 8.74. The van der Waals surface area contributed by atoms with Gasteiger partial charge in [-0.05, 0) is 61.0 Å². The van der Waals surface area contributed by atoms with Gasteiger partial charge in [0.1, 0.15) is 12.9 Å². The van der Waals surface area contributed by atoms with Crippen molar-refractivity contribution in [1.82, 2.24) is 9.55 Å². The van der Waals surface area contributed by atoms with E-state index < -0.39 is 13.2 Å². The Morgan fingerprint density at radius 1 is 1.21 bits per heavy atom. The molecule has 0 unspecified atom stereocenters. The van der Waals surface area contributed by atoms with Gasteiger partial charge in [0, 0.05) is 24.9 Å². The van der Waals surface area contributed by atoms with Gasteiger partial charge in [-0.2, -0.15) is 0 Å². The molecule has 0 saturated carbocycles. The summed E-state index contributed by atoms with van der Waals surface area (Å²) in [7, 11) is 1.83. The van der Waals surface area contributed by atoms with Gasteiger partial charge in [-0.1, -0.05) is 32.0 Å². The zero-order valence-corrected chi connectivity index (χ0v) is 17.2. The average Bonchev–Trinajstić information content (AvgIpc) is 3.29. The summed E-state index contributed by atoms with van der Waals surface area (Å²) >= 11 is 0. The molecule has 3 heteroatoms. The normalized spacial score (nSPS) is 16.1. The first-order valence-electron chi connectivity index (χ1n) is 12.6. The van der Waals surface area contributed by atoms with Crippen molar-refractivity contribution in [2.75, 3.05) is 0 Å². The maximum absolute atomic E-state index is 8.74. The quantitative estimate of drug-likeness (QED) is 0.388. The second-order valence-electron chi connectivity index (χ2n) is 8.18. The molecule has 4 aromatic rings. The lowest BCUT2D eigenvalue weighted by atomic mass is 9.92. The van der Waals surface area contributed by atoms with Crippen LogP contribution in [0, 0.1) is 19.7 Å². The lowest BCUT2D eigenvalue weighted by molar-refractivity contribution is -0.660. The molecule has 1 aliphatic rings. The fraction of sp³-hybridized carbons (Fsp3) is 0.308. The van der Waals surface area contributed by atoms with Crippen LogP contribution in [0.25, 0.3) is 28.0 Å². The van der Waals surface area contributed by atoms with Crippen molar-refractivity contribution in [3.63, 3.8) is 0 Å². The average molecular weight is 388 g/mol. The number of hydrogen-bond acceptors (Lipinski definition) is 1. The molecular weight excluding hydrogens is 354 g/mol. The van der Waals surface area contributed by atoms with E-state index >= 15 is 0 Å². The lowest BCUT2D eigenvalue weighted by Crippen LogP contribution is -2.32. The fourth-order valence-corrected chi connectivity index (χ4v) is 4.45. The zero-order valence-electron chi connectivity index (χ0n) is 22.2. The number of rotatable bonds is 3. The second kappa shape index (κ2) is 6.55. The van der Waals surface area contributed by atoms with Gasteiger partial charge in [0.25, 0.3) is 0 Å². The molecular formula is C26H28N3+. The number of nitrogens with zero attached hydrogens (tertiary/aromatic N) is 3. The van der Waals surface area contributed by atoms with Crippen molar-refractivity contribution in [1.29, 1.82) is 0 Å². The molecule has 3 nitrogen and oxygen atoms in total.